The van der Waals surface area contributed by atoms with Crippen LogP contribution < -0.4 is 5.32 Å². The molecule has 1 N–H and O–H groups in total. The zero-order valence-electron chi connectivity index (χ0n) is 17.9. The van der Waals surface area contributed by atoms with Gasteiger partial charge in [-0.1, -0.05) is 49.2 Å². The lowest BCUT2D eigenvalue weighted by Gasteiger charge is -2.09. The molecule has 1 aromatic heterocycles. The third kappa shape index (κ3) is 3.98. The van der Waals surface area contributed by atoms with Crippen molar-refractivity contribution in [2.45, 2.75) is 39.5 Å². The zero-order chi connectivity index (χ0) is 21.4. The fraction of sp³-hybridized carbons (Fsp3) is 0.259. The van der Waals surface area contributed by atoms with Gasteiger partial charge in [0.05, 0.1) is 0 Å². The summed E-state index contributed by atoms with van der Waals surface area (Å²) < 4.78 is 5.85. The molecule has 1 aliphatic carbocycles. The van der Waals surface area contributed by atoms with Gasteiger partial charge in [-0.3, -0.25) is 4.79 Å². The van der Waals surface area contributed by atoms with E-state index in [9.17, 15) is 4.79 Å². The molecule has 4 aromatic rings. The summed E-state index contributed by atoms with van der Waals surface area (Å²) in [6.07, 6.45) is 4.43. The van der Waals surface area contributed by atoms with Gasteiger partial charge >= 0.3 is 0 Å². The second-order valence-electron chi connectivity index (χ2n) is 8.55. The number of aromatic nitrogens is 1. The quantitative estimate of drug-likeness (QED) is 0.353. The minimum Gasteiger partial charge on any atom is -0.423 e. The summed E-state index contributed by atoms with van der Waals surface area (Å²) in [6, 6.07) is 20.7. The molecule has 0 radical (unpaired) electrons. The Labute approximate surface area is 182 Å². The van der Waals surface area contributed by atoms with Crippen LogP contribution in [0.25, 0.3) is 22.2 Å². The van der Waals surface area contributed by atoms with Gasteiger partial charge in [0.1, 0.15) is 5.52 Å². The molecule has 0 unspecified atom stereocenters. The molecule has 3 aromatic carbocycles. The van der Waals surface area contributed by atoms with Crippen LogP contribution in [0.3, 0.4) is 0 Å². The van der Waals surface area contributed by atoms with E-state index in [1.54, 1.807) is 0 Å². The molecule has 4 heteroatoms. The second kappa shape index (κ2) is 8.03. The minimum atomic E-state index is 0.218. The monoisotopic (exact) mass is 410 g/mol. The van der Waals surface area contributed by atoms with Gasteiger partial charge in [-0.15, -0.1) is 0 Å². The van der Waals surface area contributed by atoms with Crippen LogP contribution in [0.4, 0.5) is 11.7 Å². The number of carbonyl (C=O) groups is 1. The standard InChI is InChI=1S/C27H26N2O2/c1-17-15-24-25(16-18(17)2)31-27(29-24)28-23-13-11-20(12-14-23)19-7-9-22(10-8-19)26(30)21-5-3-4-6-21/h7-16,21H,3-6H2,1-2H3,(H,28,29). The van der Waals surface area contributed by atoms with Gasteiger partial charge in [-0.25, -0.2) is 0 Å². The van der Waals surface area contributed by atoms with Crippen LogP contribution in [0.5, 0.6) is 0 Å². The van der Waals surface area contributed by atoms with E-state index in [-0.39, 0.29) is 5.92 Å². The van der Waals surface area contributed by atoms with Crippen molar-refractivity contribution in [1.29, 1.82) is 0 Å². The number of Topliss-reactive ketones (excluding diaryl/α,β-unsaturated/α-hetero) is 1. The number of aryl methyl sites for hydroxylation is 2. The molecule has 5 rings (SSSR count). The van der Waals surface area contributed by atoms with Crippen LogP contribution >= 0.6 is 0 Å². The zero-order valence-corrected chi connectivity index (χ0v) is 17.9. The highest BCUT2D eigenvalue weighted by Crippen LogP contribution is 2.30. The molecule has 0 bridgehead atoms. The number of carbonyl (C=O) groups excluding carboxylic acids is 1. The lowest BCUT2D eigenvalue weighted by molar-refractivity contribution is 0.0923. The molecule has 1 aliphatic rings. The van der Waals surface area contributed by atoms with Crippen molar-refractivity contribution >= 4 is 28.6 Å². The molecule has 0 saturated heterocycles. The molecule has 1 heterocycles. The SMILES string of the molecule is Cc1cc2nc(Nc3ccc(-c4ccc(C(=O)C5CCCC5)cc4)cc3)oc2cc1C. The smallest absolute Gasteiger partial charge is 0.300 e. The minimum absolute atomic E-state index is 0.218. The summed E-state index contributed by atoms with van der Waals surface area (Å²) in [5, 5.41) is 3.24. The summed E-state index contributed by atoms with van der Waals surface area (Å²) in [7, 11) is 0. The first-order valence-electron chi connectivity index (χ1n) is 11.0. The van der Waals surface area contributed by atoms with Crippen molar-refractivity contribution in [3.63, 3.8) is 0 Å². The molecular weight excluding hydrogens is 384 g/mol. The van der Waals surface area contributed by atoms with Crippen LogP contribution in [0.15, 0.2) is 65.1 Å². The largest absolute Gasteiger partial charge is 0.423 e. The molecule has 1 saturated carbocycles. The van der Waals surface area contributed by atoms with Crippen molar-refractivity contribution in [2.75, 3.05) is 5.32 Å². The van der Waals surface area contributed by atoms with Gasteiger partial charge in [-0.2, -0.15) is 4.98 Å². The van der Waals surface area contributed by atoms with Gasteiger partial charge in [0, 0.05) is 17.2 Å². The van der Waals surface area contributed by atoms with E-state index in [0.717, 1.165) is 46.3 Å². The predicted molar refractivity (Wildman–Crippen MR) is 125 cm³/mol. The molecule has 1 fully saturated rings. The van der Waals surface area contributed by atoms with Crippen LogP contribution in [0, 0.1) is 19.8 Å². The molecule has 0 spiro atoms. The van der Waals surface area contributed by atoms with Gasteiger partial charge < -0.3 is 9.73 Å². The first kappa shape index (κ1) is 19.6. The fourth-order valence-electron chi connectivity index (χ4n) is 4.35. The van der Waals surface area contributed by atoms with Gasteiger partial charge in [-0.05, 0) is 73.2 Å². The topological polar surface area (TPSA) is 55.1 Å². The van der Waals surface area contributed by atoms with Crippen LogP contribution in [0.2, 0.25) is 0 Å². The Balaban J connectivity index is 1.30. The van der Waals surface area contributed by atoms with E-state index in [4.69, 9.17) is 4.42 Å². The highest BCUT2D eigenvalue weighted by molar-refractivity contribution is 5.98. The Morgan fingerprint density at radius 2 is 1.52 bits per heavy atom. The summed E-state index contributed by atoms with van der Waals surface area (Å²) >= 11 is 0. The van der Waals surface area contributed by atoms with E-state index in [0.29, 0.717) is 11.8 Å². The molecule has 0 atom stereocenters. The molecule has 4 nitrogen and oxygen atoms in total. The van der Waals surface area contributed by atoms with Gasteiger partial charge in [0.15, 0.2) is 11.4 Å². The lowest BCUT2D eigenvalue weighted by Crippen LogP contribution is -2.10. The Hall–Kier alpha value is -3.40. The maximum atomic E-state index is 12.6. The van der Waals surface area contributed by atoms with Crippen LogP contribution in [-0.2, 0) is 0 Å². The number of oxazole rings is 1. The van der Waals surface area contributed by atoms with Crippen LogP contribution in [-0.4, -0.2) is 10.8 Å². The van der Waals surface area contributed by atoms with Crippen molar-refractivity contribution in [3.05, 3.63) is 77.4 Å². The first-order chi connectivity index (χ1) is 15.1. The number of nitrogens with zero attached hydrogens (tertiary/aromatic N) is 1. The summed E-state index contributed by atoms with van der Waals surface area (Å²) in [4.78, 5) is 17.1. The maximum Gasteiger partial charge on any atom is 0.300 e. The van der Waals surface area contributed by atoms with E-state index in [2.05, 4.69) is 36.3 Å². The summed E-state index contributed by atoms with van der Waals surface area (Å²) in [5.41, 5.74) is 7.98. The second-order valence-corrected chi connectivity index (χ2v) is 8.55. The molecule has 31 heavy (non-hydrogen) atoms. The van der Waals surface area contributed by atoms with Crippen molar-refractivity contribution in [2.24, 2.45) is 5.92 Å². The Bertz CT molecular complexity index is 1190. The van der Waals surface area contributed by atoms with Gasteiger partial charge in [0.2, 0.25) is 0 Å². The normalized spacial score (nSPS) is 14.3. The van der Waals surface area contributed by atoms with E-state index in [1.165, 1.54) is 24.0 Å². The number of rotatable bonds is 5. The lowest BCUT2D eigenvalue weighted by atomic mass is 9.94. The van der Waals surface area contributed by atoms with Crippen molar-refractivity contribution in [1.82, 2.24) is 4.98 Å². The summed E-state index contributed by atoms with van der Waals surface area (Å²) in [5.74, 6) is 0.517. The van der Waals surface area contributed by atoms with Crippen molar-refractivity contribution in [3.8, 4) is 11.1 Å². The summed E-state index contributed by atoms with van der Waals surface area (Å²) in [6.45, 7) is 4.15. The maximum absolute atomic E-state index is 12.6. The number of benzene rings is 3. The Morgan fingerprint density at radius 3 is 2.19 bits per heavy atom. The molecular formula is C27H26N2O2. The average Bonchev–Trinajstić information content (AvgIpc) is 3.44. The molecule has 156 valence electrons. The molecule has 0 amide bonds. The molecule has 0 aliphatic heterocycles. The average molecular weight is 411 g/mol. The van der Waals surface area contributed by atoms with E-state index >= 15 is 0 Å². The van der Waals surface area contributed by atoms with Crippen LogP contribution in [0.1, 0.15) is 47.2 Å². The third-order valence-electron chi connectivity index (χ3n) is 6.37. The van der Waals surface area contributed by atoms with Crippen molar-refractivity contribution < 1.29 is 9.21 Å². The fourth-order valence-corrected chi connectivity index (χ4v) is 4.35. The third-order valence-corrected chi connectivity index (χ3v) is 6.37. The van der Waals surface area contributed by atoms with Gasteiger partial charge in [0.25, 0.3) is 6.01 Å². The number of anilines is 2. The Morgan fingerprint density at radius 1 is 0.903 bits per heavy atom. The first-order valence-corrected chi connectivity index (χ1v) is 11.0. The highest BCUT2D eigenvalue weighted by Gasteiger charge is 2.23. The number of ketones is 1. The number of hydrogen-bond donors (Lipinski definition) is 1. The van der Waals surface area contributed by atoms with E-state index in [1.807, 2.05) is 48.5 Å². The predicted octanol–water partition coefficient (Wildman–Crippen LogP) is 7.23. The number of nitrogens with one attached hydrogen (secondary N) is 1. The number of hydrogen-bond acceptors (Lipinski definition) is 4. The Kier molecular flexibility index (Phi) is 5.06. The number of fused-ring (bicyclic) bond motifs is 1. The highest BCUT2D eigenvalue weighted by atomic mass is 16.4. The van der Waals surface area contributed by atoms with E-state index < -0.39 is 0 Å².